The third kappa shape index (κ3) is 4.19. The first kappa shape index (κ1) is 13.0. The Labute approximate surface area is 101 Å². The van der Waals surface area contributed by atoms with Crippen LogP contribution in [-0.2, 0) is 4.79 Å². The standard InChI is InChI=1S/C8H10ClN3O3S/c1-4(3-5(13)14)16-8-11-6(9)10-7(12-8)15-2/h4H,3H2,1-2H3,(H,13,14). The molecule has 0 amide bonds. The SMILES string of the molecule is COc1nc(Cl)nc(SC(C)CC(=O)O)n1. The van der Waals surface area contributed by atoms with Gasteiger partial charge in [-0.25, -0.2) is 0 Å². The number of hydrogen-bond acceptors (Lipinski definition) is 6. The minimum absolute atomic E-state index is 0.0241. The van der Waals surface area contributed by atoms with Crippen molar-refractivity contribution in [3.63, 3.8) is 0 Å². The third-order valence-electron chi connectivity index (χ3n) is 1.52. The van der Waals surface area contributed by atoms with Gasteiger partial charge in [-0.3, -0.25) is 4.79 Å². The van der Waals surface area contributed by atoms with E-state index in [1.54, 1.807) is 6.92 Å². The summed E-state index contributed by atoms with van der Waals surface area (Å²) in [6.07, 6.45) is 0.0241. The van der Waals surface area contributed by atoms with Gasteiger partial charge >= 0.3 is 12.0 Å². The predicted molar refractivity (Wildman–Crippen MR) is 59.0 cm³/mol. The zero-order valence-corrected chi connectivity index (χ0v) is 10.2. The van der Waals surface area contributed by atoms with Crippen molar-refractivity contribution in [2.24, 2.45) is 0 Å². The number of nitrogens with zero attached hydrogens (tertiary/aromatic N) is 3. The quantitative estimate of drug-likeness (QED) is 0.806. The highest BCUT2D eigenvalue weighted by atomic mass is 35.5. The maximum atomic E-state index is 10.5. The lowest BCUT2D eigenvalue weighted by molar-refractivity contribution is -0.136. The van der Waals surface area contributed by atoms with Gasteiger partial charge in [0.1, 0.15) is 0 Å². The largest absolute Gasteiger partial charge is 0.481 e. The third-order valence-corrected chi connectivity index (χ3v) is 2.65. The smallest absolute Gasteiger partial charge is 0.321 e. The Balaban J connectivity index is 2.72. The van der Waals surface area contributed by atoms with Crippen LogP contribution in [-0.4, -0.2) is 38.4 Å². The summed E-state index contributed by atoms with van der Waals surface area (Å²) >= 11 is 6.85. The van der Waals surface area contributed by atoms with Gasteiger partial charge < -0.3 is 9.84 Å². The Morgan fingerprint density at radius 2 is 2.25 bits per heavy atom. The molecule has 0 aromatic carbocycles. The van der Waals surface area contributed by atoms with E-state index in [4.69, 9.17) is 21.4 Å². The van der Waals surface area contributed by atoms with Gasteiger partial charge in [-0.15, -0.1) is 0 Å². The Kier molecular flexibility index (Phi) is 4.75. The van der Waals surface area contributed by atoms with Crippen molar-refractivity contribution in [1.29, 1.82) is 0 Å². The molecule has 6 nitrogen and oxygen atoms in total. The fraction of sp³-hybridized carbons (Fsp3) is 0.500. The van der Waals surface area contributed by atoms with Crippen molar-refractivity contribution in [3.05, 3.63) is 5.28 Å². The summed E-state index contributed by atoms with van der Waals surface area (Å²) in [5.41, 5.74) is 0. The van der Waals surface area contributed by atoms with Crippen molar-refractivity contribution in [3.8, 4) is 6.01 Å². The first-order chi connectivity index (χ1) is 7.51. The number of thioether (sulfide) groups is 1. The second-order valence-corrected chi connectivity index (χ2v) is 4.64. The van der Waals surface area contributed by atoms with E-state index in [2.05, 4.69) is 15.0 Å². The number of halogens is 1. The van der Waals surface area contributed by atoms with Crippen LogP contribution >= 0.6 is 23.4 Å². The molecule has 1 aromatic heterocycles. The summed E-state index contributed by atoms with van der Waals surface area (Å²) in [5, 5.41) is 8.83. The Morgan fingerprint density at radius 1 is 1.56 bits per heavy atom. The van der Waals surface area contributed by atoms with E-state index in [-0.39, 0.29) is 23.0 Å². The van der Waals surface area contributed by atoms with Gasteiger partial charge in [-0.1, -0.05) is 18.7 Å². The number of methoxy groups -OCH3 is 1. The first-order valence-electron chi connectivity index (χ1n) is 4.35. The van der Waals surface area contributed by atoms with Crippen LogP contribution in [0.4, 0.5) is 0 Å². The zero-order chi connectivity index (χ0) is 12.1. The lowest BCUT2D eigenvalue weighted by Gasteiger charge is -2.07. The van der Waals surface area contributed by atoms with Gasteiger partial charge in [0.2, 0.25) is 5.28 Å². The lowest BCUT2D eigenvalue weighted by Crippen LogP contribution is -2.07. The topological polar surface area (TPSA) is 85.2 Å². The molecule has 1 atom stereocenters. The maximum Gasteiger partial charge on any atom is 0.321 e. The van der Waals surface area contributed by atoms with Crippen molar-refractivity contribution in [1.82, 2.24) is 15.0 Å². The fourth-order valence-corrected chi connectivity index (χ4v) is 1.98. The van der Waals surface area contributed by atoms with Crippen LogP contribution in [0.1, 0.15) is 13.3 Å². The molecular weight excluding hydrogens is 254 g/mol. The molecule has 1 rings (SSSR count). The van der Waals surface area contributed by atoms with Gasteiger partial charge in [-0.05, 0) is 11.6 Å². The number of hydrogen-bond donors (Lipinski definition) is 1. The molecule has 0 saturated heterocycles. The number of aliphatic carboxylic acids is 1. The van der Waals surface area contributed by atoms with Gasteiger partial charge in [0.05, 0.1) is 13.5 Å². The van der Waals surface area contributed by atoms with E-state index in [9.17, 15) is 4.79 Å². The molecule has 16 heavy (non-hydrogen) atoms. The maximum absolute atomic E-state index is 10.5. The van der Waals surface area contributed by atoms with Gasteiger partial charge in [-0.2, -0.15) is 15.0 Å². The molecule has 0 bridgehead atoms. The summed E-state index contributed by atoms with van der Waals surface area (Å²) in [6, 6.07) is 0.116. The Morgan fingerprint density at radius 3 is 2.81 bits per heavy atom. The van der Waals surface area contributed by atoms with Crippen molar-refractivity contribution < 1.29 is 14.6 Å². The number of carbonyl (C=O) groups is 1. The van der Waals surface area contributed by atoms with Gasteiger partial charge in [0.25, 0.3) is 0 Å². The zero-order valence-electron chi connectivity index (χ0n) is 8.68. The second kappa shape index (κ2) is 5.86. The van der Waals surface area contributed by atoms with Crippen LogP contribution < -0.4 is 4.74 Å². The van der Waals surface area contributed by atoms with Crippen molar-refractivity contribution in [2.45, 2.75) is 23.8 Å². The van der Waals surface area contributed by atoms with E-state index < -0.39 is 5.97 Å². The van der Waals surface area contributed by atoms with Gasteiger partial charge in [0.15, 0.2) is 5.16 Å². The number of aromatic nitrogens is 3. The summed E-state index contributed by atoms with van der Waals surface area (Å²) in [7, 11) is 1.42. The summed E-state index contributed by atoms with van der Waals surface area (Å²) in [4.78, 5) is 22.0. The highest BCUT2D eigenvalue weighted by molar-refractivity contribution is 7.99. The van der Waals surface area contributed by atoms with E-state index in [0.29, 0.717) is 5.16 Å². The molecule has 0 radical (unpaired) electrons. The Hall–Kier alpha value is -1.08. The van der Waals surface area contributed by atoms with Crippen LogP contribution in [0.5, 0.6) is 6.01 Å². The molecule has 1 aromatic rings. The number of ether oxygens (including phenoxy) is 1. The van der Waals surface area contributed by atoms with E-state index >= 15 is 0 Å². The van der Waals surface area contributed by atoms with Crippen LogP contribution in [0.15, 0.2) is 5.16 Å². The molecule has 1 unspecified atom stereocenters. The highest BCUT2D eigenvalue weighted by Crippen LogP contribution is 2.23. The normalized spacial score (nSPS) is 12.2. The average Bonchev–Trinajstić information content (AvgIpc) is 2.14. The molecule has 1 N–H and O–H groups in total. The molecule has 0 fully saturated rings. The van der Waals surface area contributed by atoms with Crippen molar-refractivity contribution >= 4 is 29.3 Å². The Bertz CT molecular complexity index is 391. The summed E-state index contributed by atoms with van der Waals surface area (Å²) in [6.45, 7) is 1.77. The molecule has 0 saturated carbocycles. The molecule has 0 aliphatic rings. The van der Waals surface area contributed by atoms with Gasteiger partial charge in [0, 0.05) is 5.25 Å². The van der Waals surface area contributed by atoms with E-state index in [0.717, 1.165) is 0 Å². The number of carboxylic acids is 1. The average molecular weight is 264 g/mol. The number of rotatable bonds is 5. The molecule has 88 valence electrons. The molecular formula is C8H10ClN3O3S. The molecule has 0 aliphatic heterocycles. The second-order valence-electron chi connectivity index (χ2n) is 2.90. The fourth-order valence-electron chi connectivity index (χ4n) is 0.926. The highest BCUT2D eigenvalue weighted by Gasteiger charge is 2.13. The summed E-state index contributed by atoms with van der Waals surface area (Å²) < 4.78 is 4.82. The van der Waals surface area contributed by atoms with Crippen LogP contribution in [0, 0.1) is 0 Å². The lowest BCUT2D eigenvalue weighted by atomic mass is 10.3. The number of carboxylic acid groups (broad SMARTS) is 1. The van der Waals surface area contributed by atoms with E-state index in [1.807, 2.05) is 0 Å². The minimum atomic E-state index is -0.868. The van der Waals surface area contributed by atoms with Crippen molar-refractivity contribution in [2.75, 3.05) is 7.11 Å². The molecule has 0 spiro atoms. The molecule has 8 heteroatoms. The minimum Gasteiger partial charge on any atom is -0.481 e. The summed E-state index contributed by atoms with van der Waals surface area (Å²) in [5.74, 6) is -0.868. The molecule has 0 aliphatic carbocycles. The molecule has 1 heterocycles. The monoisotopic (exact) mass is 263 g/mol. The van der Waals surface area contributed by atoms with E-state index in [1.165, 1.54) is 18.9 Å². The first-order valence-corrected chi connectivity index (χ1v) is 5.61. The van der Waals surface area contributed by atoms with Crippen LogP contribution in [0.2, 0.25) is 5.28 Å². The predicted octanol–water partition coefficient (Wildman–Crippen LogP) is 1.49. The van der Waals surface area contributed by atoms with Crippen LogP contribution in [0.25, 0.3) is 0 Å². The van der Waals surface area contributed by atoms with Crippen LogP contribution in [0.3, 0.4) is 0 Å².